The summed E-state index contributed by atoms with van der Waals surface area (Å²) in [6, 6.07) is 44.1. The lowest BCUT2D eigenvalue weighted by Gasteiger charge is -2.33. The number of pyridine rings is 1. The minimum Gasteiger partial charge on any atom is -0.453 e. The molecule has 0 aliphatic carbocycles. The van der Waals surface area contributed by atoms with Gasteiger partial charge in [0.2, 0.25) is 0 Å². The summed E-state index contributed by atoms with van der Waals surface area (Å²) in [5, 5.41) is 10.3. The Hall–Kier alpha value is -6.06. The van der Waals surface area contributed by atoms with Crippen LogP contribution in [0.3, 0.4) is 0 Å². The van der Waals surface area contributed by atoms with Gasteiger partial charge < -0.3 is 14.4 Å². The summed E-state index contributed by atoms with van der Waals surface area (Å²) in [6.07, 6.45) is 1.85. The molecule has 8 rings (SSSR count). The van der Waals surface area contributed by atoms with E-state index < -0.39 is 0 Å². The molecule has 6 heteroatoms. The van der Waals surface area contributed by atoms with Gasteiger partial charge in [-0.05, 0) is 78.4 Å². The molecule has 0 fully saturated rings. The Balaban J connectivity index is 1.18. The first-order valence-corrected chi connectivity index (χ1v) is 13.6. The van der Waals surface area contributed by atoms with Crippen LogP contribution in [0, 0.1) is 11.3 Å². The molecule has 0 spiro atoms. The normalized spacial score (nSPS) is 12.5. The highest BCUT2D eigenvalue weighted by molar-refractivity contribution is 5.89. The van der Waals surface area contributed by atoms with Gasteiger partial charge in [0.15, 0.2) is 23.0 Å². The van der Waals surface area contributed by atoms with Gasteiger partial charge in [-0.3, -0.25) is 4.90 Å². The zero-order valence-corrected chi connectivity index (χ0v) is 22.3. The predicted molar refractivity (Wildman–Crippen MR) is 164 cm³/mol. The van der Waals surface area contributed by atoms with Crippen molar-refractivity contribution in [1.82, 2.24) is 4.98 Å². The van der Waals surface area contributed by atoms with Crippen molar-refractivity contribution in [3.63, 3.8) is 0 Å². The van der Waals surface area contributed by atoms with Crippen LogP contribution in [-0.4, -0.2) is 4.98 Å². The Morgan fingerprint density at radius 3 is 1.45 bits per heavy atom. The van der Waals surface area contributed by atoms with Gasteiger partial charge in [0.1, 0.15) is 11.9 Å². The molecule has 5 aromatic carbocycles. The Morgan fingerprint density at radius 2 is 0.976 bits per heavy atom. The summed E-state index contributed by atoms with van der Waals surface area (Å²) < 4.78 is 12.3. The highest BCUT2D eigenvalue weighted by atomic mass is 16.5. The molecule has 0 atom stereocenters. The van der Waals surface area contributed by atoms with E-state index >= 15 is 0 Å². The first kappa shape index (κ1) is 23.8. The molecule has 6 aromatic rings. The van der Waals surface area contributed by atoms with Crippen molar-refractivity contribution in [2.45, 2.75) is 0 Å². The summed E-state index contributed by atoms with van der Waals surface area (Å²) in [4.78, 5) is 9.06. The molecule has 0 saturated heterocycles. The number of hydrogen-bond acceptors (Lipinski definition) is 6. The number of fused-ring (bicyclic) bond motifs is 4. The van der Waals surface area contributed by atoms with Gasteiger partial charge in [0.05, 0.1) is 34.0 Å². The van der Waals surface area contributed by atoms with Gasteiger partial charge in [-0.15, -0.1) is 0 Å². The number of anilines is 6. The van der Waals surface area contributed by atoms with E-state index in [1.807, 2.05) is 134 Å². The molecule has 0 saturated carbocycles. The van der Waals surface area contributed by atoms with Crippen molar-refractivity contribution in [1.29, 1.82) is 5.26 Å². The zero-order valence-electron chi connectivity index (χ0n) is 22.3. The van der Waals surface area contributed by atoms with E-state index in [0.29, 0.717) is 5.56 Å². The van der Waals surface area contributed by atoms with E-state index in [1.54, 1.807) is 0 Å². The number of hydrogen-bond donors (Lipinski definition) is 0. The van der Waals surface area contributed by atoms with Crippen LogP contribution in [0.1, 0.15) is 5.56 Å². The maximum atomic E-state index is 10.3. The minimum atomic E-state index is 0.555. The fourth-order valence-electron chi connectivity index (χ4n) is 5.60. The first-order chi connectivity index (χ1) is 20.8. The van der Waals surface area contributed by atoms with Gasteiger partial charge in [0, 0.05) is 11.8 Å². The third-order valence-corrected chi connectivity index (χ3v) is 7.53. The van der Waals surface area contributed by atoms with Crippen molar-refractivity contribution < 1.29 is 9.47 Å². The van der Waals surface area contributed by atoms with Crippen LogP contribution < -0.4 is 19.3 Å². The summed E-state index contributed by atoms with van der Waals surface area (Å²) >= 11 is 0. The molecule has 1 aromatic heterocycles. The number of para-hydroxylation sites is 8. The Bertz CT molecular complexity index is 1940. The number of nitrogens with zero attached hydrogens (tertiary/aromatic N) is 4. The average molecular weight is 543 g/mol. The lowest BCUT2D eigenvalue weighted by Crippen LogP contribution is -2.17. The molecule has 0 bridgehead atoms. The summed E-state index contributed by atoms with van der Waals surface area (Å²) in [5.74, 6) is 3.83. The number of aromatic nitrogens is 1. The zero-order chi connectivity index (χ0) is 28.0. The largest absolute Gasteiger partial charge is 0.453 e. The molecule has 0 unspecified atom stereocenters. The second-order valence-corrected chi connectivity index (χ2v) is 9.99. The highest BCUT2D eigenvalue weighted by Crippen LogP contribution is 2.52. The van der Waals surface area contributed by atoms with E-state index in [-0.39, 0.29) is 0 Å². The number of nitriles is 1. The Kier molecular flexibility index (Phi) is 5.41. The minimum absolute atomic E-state index is 0.555. The lowest BCUT2D eigenvalue weighted by molar-refractivity contribution is 0.476. The molecule has 0 amide bonds. The summed E-state index contributed by atoms with van der Waals surface area (Å²) in [6.45, 7) is 0. The maximum Gasteiger partial charge on any atom is 0.151 e. The van der Waals surface area contributed by atoms with Crippen LogP contribution in [-0.2, 0) is 0 Å². The quantitative estimate of drug-likeness (QED) is 0.221. The van der Waals surface area contributed by atoms with E-state index in [4.69, 9.17) is 14.5 Å². The van der Waals surface area contributed by atoms with Gasteiger partial charge in [-0.1, -0.05) is 54.6 Å². The molecule has 42 heavy (non-hydrogen) atoms. The second kappa shape index (κ2) is 9.54. The van der Waals surface area contributed by atoms with Gasteiger partial charge in [0.25, 0.3) is 0 Å². The van der Waals surface area contributed by atoms with E-state index in [2.05, 4.69) is 15.9 Å². The fourth-order valence-corrected chi connectivity index (χ4v) is 5.60. The van der Waals surface area contributed by atoms with Crippen LogP contribution in [0.25, 0.3) is 11.1 Å². The van der Waals surface area contributed by atoms with Crippen LogP contribution >= 0.6 is 0 Å². The van der Waals surface area contributed by atoms with Crippen molar-refractivity contribution >= 4 is 34.3 Å². The first-order valence-electron chi connectivity index (χ1n) is 13.6. The lowest BCUT2D eigenvalue weighted by atomic mass is 10.0. The molecule has 2 aliphatic heterocycles. The third kappa shape index (κ3) is 3.76. The van der Waals surface area contributed by atoms with Crippen LogP contribution in [0.2, 0.25) is 0 Å². The highest BCUT2D eigenvalue weighted by Gasteiger charge is 2.28. The van der Waals surface area contributed by atoms with Gasteiger partial charge >= 0.3 is 0 Å². The molecule has 2 aliphatic rings. The predicted octanol–water partition coefficient (Wildman–Crippen LogP) is 9.77. The molecular weight excluding hydrogens is 520 g/mol. The van der Waals surface area contributed by atoms with Crippen LogP contribution in [0.4, 0.5) is 34.3 Å². The summed E-state index contributed by atoms with van der Waals surface area (Å²) in [7, 11) is 0. The molecule has 0 radical (unpaired) electrons. The second-order valence-electron chi connectivity index (χ2n) is 9.99. The smallest absolute Gasteiger partial charge is 0.151 e. The van der Waals surface area contributed by atoms with Crippen molar-refractivity contribution in [2.75, 3.05) is 9.80 Å². The fraction of sp³-hybridized carbons (Fsp3) is 0. The number of ether oxygens (including phenoxy) is 2. The Labute approximate surface area is 242 Å². The van der Waals surface area contributed by atoms with Crippen LogP contribution in [0.15, 0.2) is 134 Å². The molecular formula is C36H22N4O2. The van der Waals surface area contributed by atoms with Crippen molar-refractivity contribution in [2.24, 2.45) is 0 Å². The molecule has 3 heterocycles. The Morgan fingerprint density at radius 1 is 0.500 bits per heavy atom. The van der Waals surface area contributed by atoms with E-state index in [0.717, 1.165) is 68.4 Å². The molecule has 198 valence electrons. The van der Waals surface area contributed by atoms with Crippen molar-refractivity contribution in [3.05, 3.63) is 139 Å². The van der Waals surface area contributed by atoms with Gasteiger partial charge in [-0.2, -0.15) is 5.26 Å². The van der Waals surface area contributed by atoms with E-state index in [9.17, 15) is 5.26 Å². The molecule has 6 nitrogen and oxygen atoms in total. The summed E-state index contributed by atoms with van der Waals surface area (Å²) in [5.41, 5.74) is 6.80. The van der Waals surface area contributed by atoms with Gasteiger partial charge in [-0.25, -0.2) is 4.98 Å². The van der Waals surface area contributed by atoms with Crippen molar-refractivity contribution in [3.8, 4) is 40.2 Å². The maximum absolute atomic E-state index is 10.3. The standard InChI is InChI=1S/C36H22N4O2/c37-22-26-21-24(17-19-27(26)39-28-9-1-5-13-32(28)41-33-14-6-2-10-29(33)39)25-18-20-36(38-23-25)40-30-11-3-7-15-34(30)42-35-16-8-4-12-31(35)40/h1-21,23H. The third-order valence-electron chi connectivity index (χ3n) is 7.53. The molecule has 0 N–H and O–H groups in total. The average Bonchev–Trinajstić information content (AvgIpc) is 3.06. The van der Waals surface area contributed by atoms with E-state index in [1.165, 1.54) is 0 Å². The number of rotatable bonds is 3. The SMILES string of the molecule is N#Cc1cc(-c2ccc(N3c4ccccc4Oc4ccccc43)nc2)ccc1N1c2ccccc2Oc2ccccc21. The monoisotopic (exact) mass is 542 g/mol. The van der Waals surface area contributed by atoms with Crippen LogP contribution in [0.5, 0.6) is 23.0 Å². The topological polar surface area (TPSA) is 61.6 Å². The number of benzene rings is 5.